The Balaban J connectivity index is 1.46. The lowest BCUT2D eigenvalue weighted by molar-refractivity contribution is 0.0791. The Morgan fingerprint density at radius 2 is 1.83 bits per heavy atom. The van der Waals surface area contributed by atoms with Crippen molar-refractivity contribution in [3.8, 4) is 5.69 Å². The van der Waals surface area contributed by atoms with E-state index >= 15 is 0 Å². The van der Waals surface area contributed by atoms with Crippen LogP contribution in [0.25, 0.3) is 5.69 Å². The van der Waals surface area contributed by atoms with Crippen molar-refractivity contribution in [1.29, 1.82) is 0 Å². The molecule has 4 nitrogen and oxygen atoms in total. The number of rotatable bonds is 3. The second-order valence-corrected chi connectivity index (χ2v) is 6.16. The number of imidazole rings is 1. The molecule has 0 radical (unpaired) electrons. The molecule has 1 aromatic heterocycles. The Hall–Kier alpha value is -2.88. The van der Waals surface area contributed by atoms with E-state index in [1.807, 2.05) is 46.0 Å². The summed E-state index contributed by atoms with van der Waals surface area (Å²) in [6.45, 7) is 1.62. The minimum absolute atomic E-state index is 0.116. The molecule has 120 valence electrons. The van der Waals surface area contributed by atoms with E-state index in [2.05, 4.69) is 29.2 Å². The van der Waals surface area contributed by atoms with E-state index in [0.29, 0.717) is 5.92 Å². The molecule has 0 saturated carbocycles. The van der Waals surface area contributed by atoms with Gasteiger partial charge in [-0.2, -0.15) is 0 Å². The maximum atomic E-state index is 12.7. The van der Waals surface area contributed by atoms with Crippen molar-refractivity contribution in [3.63, 3.8) is 0 Å². The third-order valence-corrected chi connectivity index (χ3v) is 4.66. The topological polar surface area (TPSA) is 38.1 Å². The molecule has 2 heterocycles. The number of carbonyl (C=O) groups is 1. The molecule has 1 fully saturated rings. The van der Waals surface area contributed by atoms with Crippen LogP contribution in [0, 0.1) is 0 Å². The normalized spacial score (nSPS) is 17.2. The molecule has 4 rings (SSSR count). The molecule has 3 aromatic rings. The summed E-state index contributed by atoms with van der Waals surface area (Å²) in [5.41, 5.74) is 3.07. The van der Waals surface area contributed by atoms with Crippen molar-refractivity contribution in [2.75, 3.05) is 13.1 Å². The first-order valence-corrected chi connectivity index (χ1v) is 8.24. The van der Waals surface area contributed by atoms with Gasteiger partial charge in [0.15, 0.2) is 0 Å². The van der Waals surface area contributed by atoms with E-state index < -0.39 is 0 Å². The highest BCUT2D eigenvalue weighted by molar-refractivity contribution is 5.94. The van der Waals surface area contributed by atoms with E-state index in [9.17, 15) is 4.79 Å². The van der Waals surface area contributed by atoms with Crippen LogP contribution in [0.4, 0.5) is 0 Å². The Kier molecular flexibility index (Phi) is 3.87. The molecule has 1 saturated heterocycles. The van der Waals surface area contributed by atoms with Crippen LogP contribution in [-0.4, -0.2) is 33.4 Å². The van der Waals surface area contributed by atoms with E-state index in [0.717, 1.165) is 30.8 Å². The molecule has 0 aliphatic carbocycles. The highest BCUT2D eigenvalue weighted by Gasteiger charge is 2.27. The third kappa shape index (κ3) is 2.83. The van der Waals surface area contributed by atoms with Crippen LogP contribution in [0.1, 0.15) is 28.3 Å². The number of carbonyl (C=O) groups excluding carboxylic acids is 1. The summed E-state index contributed by atoms with van der Waals surface area (Å²) in [6, 6.07) is 18.2. The van der Waals surface area contributed by atoms with Crippen LogP contribution in [0.3, 0.4) is 0 Å². The Bertz CT molecular complexity index is 810. The van der Waals surface area contributed by atoms with Crippen molar-refractivity contribution in [3.05, 3.63) is 84.4 Å². The second kappa shape index (κ2) is 6.32. The first kappa shape index (κ1) is 14.7. The Morgan fingerprint density at radius 1 is 1.04 bits per heavy atom. The van der Waals surface area contributed by atoms with Gasteiger partial charge in [0.05, 0.1) is 6.33 Å². The predicted octanol–water partition coefficient (Wildman–Crippen LogP) is 3.50. The standard InChI is InChI=1S/C20H19N3O/c24-20(17-6-8-19(9-7-17)23-13-11-21-15-23)22-12-10-18(14-22)16-4-2-1-3-5-16/h1-9,11,13,15,18H,10,12,14H2. The van der Waals surface area contributed by atoms with Gasteiger partial charge in [0, 0.05) is 42.7 Å². The largest absolute Gasteiger partial charge is 0.338 e. The Morgan fingerprint density at radius 3 is 2.54 bits per heavy atom. The summed E-state index contributed by atoms with van der Waals surface area (Å²) in [6.07, 6.45) is 6.42. The predicted molar refractivity (Wildman–Crippen MR) is 93.3 cm³/mol. The number of nitrogens with zero attached hydrogens (tertiary/aromatic N) is 3. The van der Waals surface area contributed by atoms with Crippen molar-refractivity contribution >= 4 is 5.91 Å². The number of hydrogen-bond donors (Lipinski definition) is 0. The minimum atomic E-state index is 0.116. The van der Waals surface area contributed by atoms with Gasteiger partial charge in [-0.3, -0.25) is 4.79 Å². The fourth-order valence-corrected chi connectivity index (χ4v) is 3.31. The summed E-state index contributed by atoms with van der Waals surface area (Å²) in [5.74, 6) is 0.561. The zero-order chi connectivity index (χ0) is 16.4. The van der Waals surface area contributed by atoms with Crippen LogP contribution < -0.4 is 0 Å². The number of amides is 1. The molecule has 1 atom stereocenters. The molecule has 4 heteroatoms. The smallest absolute Gasteiger partial charge is 0.253 e. The fraction of sp³-hybridized carbons (Fsp3) is 0.200. The SMILES string of the molecule is O=C(c1ccc(-n2ccnc2)cc1)N1CCC(c2ccccc2)C1. The first-order valence-electron chi connectivity index (χ1n) is 8.24. The average molecular weight is 317 g/mol. The highest BCUT2D eigenvalue weighted by atomic mass is 16.2. The number of benzene rings is 2. The van der Waals surface area contributed by atoms with Gasteiger partial charge in [0.2, 0.25) is 0 Å². The molecule has 0 bridgehead atoms. The monoisotopic (exact) mass is 317 g/mol. The molecule has 1 amide bonds. The van der Waals surface area contributed by atoms with Gasteiger partial charge in [-0.15, -0.1) is 0 Å². The van der Waals surface area contributed by atoms with Crippen LogP contribution in [0.5, 0.6) is 0 Å². The van der Waals surface area contributed by atoms with E-state index in [1.54, 1.807) is 12.5 Å². The molecular formula is C20H19N3O. The minimum Gasteiger partial charge on any atom is -0.338 e. The fourth-order valence-electron chi connectivity index (χ4n) is 3.31. The van der Waals surface area contributed by atoms with Gasteiger partial charge in [-0.05, 0) is 36.2 Å². The lowest BCUT2D eigenvalue weighted by atomic mass is 9.99. The summed E-state index contributed by atoms with van der Waals surface area (Å²) in [4.78, 5) is 18.7. The molecule has 0 spiro atoms. The van der Waals surface area contributed by atoms with Crippen molar-refractivity contribution in [2.45, 2.75) is 12.3 Å². The van der Waals surface area contributed by atoms with E-state index in [-0.39, 0.29) is 5.91 Å². The Labute approximate surface area is 141 Å². The van der Waals surface area contributed by atoms with Gasteiger partial charge in [0.1, 0.15) is 0 Å². The van der Waals surface area contributed by atoms with Crippen LogP contribution in [-0.2, 0) is 0 Å². The number of likely N-dealkylation sites (tertiary alicyclic amines) is 1. The van der Waals surface area contributed by atoms with Gasteiger partial charge >= 0.3 is 0 Å². The zero-order valence-corrected chi connectivity index (χ0v) is 13.4. The van der Waals surface area contributed by atoms with E-state index in [1.165, 1.54) is 5.56 Å². The third-order valence-electron chi connectivity index (χ3n) is 4.66. The van der Waals surface area contributed by atoms with Gasteiger partial charge in [0.25, 0.3) is 5.91 Å². The first-order chi connectivity index (χ1) is 11.8. The summed E-state index contributed by atoms with van der Waals surface area (Å²) >= 11 is 0. The quantitative estimate of drug-likeness (QED) is 0.741. The maximum Gasteiger partial charge on any atom is 0.253 e. The number of aromatic nitrogens is 2. The van der Waals surface area contributed by atoms with Gasteiger partial charge in [-0.1, -0.05) is 30.3 Å². The van der Waals surface area contributed by atoms with Crippen LogP contribution in [0.15, 0.2) is 73.3 Å². The maximum absolute atomic E-state index is 12.7. The van der Waals surface area contributed by atoms with Crippen molar-refractivity contribution in [2.24, 2.45) is 0 Å². The molecule has 1 unspecified atom stereocenters. The summed E-state index contributed by atoms with van der Waals surface area (Å²) < 4.78 is 1.93. The lowest BCUT2D eigenvalue weighted by Gasteiger charge is -2.17. The van der Waals surface area contributed by atoms with Gasteiger partial charge in [-0.25, -0.2) is 4.98 Å². The van der Waals surface area contributed by atoms with Crippen molar-refractivity contribution < 1.29 is 4.79 Å². The van der Waals surface area contributed by atoms with Gasteiger partial charge < -0.3 is 9.47 Å². The van der Waals surface area contributed by atoms with Crippen molar-refractivity contribution in [1.82, 2.24) is 14.5 Å². The summed E-state index contributed by atoms with van der Waals surface area (Å²) in [5, 5.41) is 0. The molecule has 1 aliphatic heterocycles. The average Bonchev–Trinajstić information content (AvgIpc) is 3.34. The summed E-state index contributed by atoms with van der Waals surface area (Å²) in [7, 11) is 0. The molecular weight excluding hydrogens is 298 g/mol. The molecule has 2 aromatic carbocycles. The van der Waals surface area contributed by atoms with Crippen LogP contribution >= 0.6 is 0 Å². The zero-order valence-electron chi connectivity index (χ0n) is 13.4. The van der Waals surface area contributed by atoms with Crippen LogP contribution in [0.2, 0.25) is 0 Å². The highest BCUT2D eigenvalue weighted by Crippen LogP contribution is 2.28. The number of hydrogen-bond acceptors (Lipinski definition) is 2. The van der Waals surface area contributed by atoms with E-state index in [4.69, 9.17) is 0 Å². The molecule has 24 heavy (non-hydrogen) atoms. The second-order valence-electron chi connectivity index (χ2n) is 6.16. The lowest BCUT2D eigenvalue weighted by Crippen LogP contribution is -2.28. The molecule has 1 aliphatic rings. The molecule has 0 N–H and O–H groups in total.